The maximum absolute atomic E-state index is 12.1. The molecule has 1 amide bonds. The molecule has 3 rings (SSSR count). The van der Waals surface area contributed by atoms with Crippen molar-refractivity contribution in [1.82, 2.24) is 4.57 Å². The number of amides is 1. The van der Waals surface area contributed by atoms with E-state index in [4.69, 9.17) is 21.1 Å². The van der Waals surface area contributed by atoms with E-state index in [0.29, 0.717) is 23.0 Å². The lowest BCUT2D eigenvalue weighted by Gasteiger charge is -2.12. The first-order valence-corrected chi connectivity index (χ1v) is 7.55. The highest BCUT2D eigenvalue weighted by atomic mass is 35.5. The normalized spacial score (nSPS) is 15.6. The van der Waals surface area contributed by atoms with Gasteiger partial charge in [0.05, 0.1) is 15.2 Å². The lowest BCUT2D eigenvalue weighted by Crippen LogP contribution is -2.18. The van der Waals surface area contributed by atoms with E-state index in [-0.39, 0.29) is 5.76 Å². The molecule has 1 aliphatic heterocycles. The van der Waals surface area contributed by atoms with Crippen LogP contribution in [0, 0.1) is 6.92 Å². The van der Waals surface area contributed by atoms with Gasteiger partial charge in [0.1, 0.15) is 19.5 Å². The molecule has 0 radical (unpaired) electrons. The van der Waals surface area contributed by atoms with E-state index in [1.165, 1.54) is 17.6 Å². The minimum atomic E-state index is -0.453. The number of carbonyl (C=O) groups excluding carboxylic acids is 1. The summed E-state index contributed by atoms with van der Waals surface area (Å²) in [6.07, 6.45) is 1.31. The van der Waals surface area contributed by atoms with Gasteiger partial charge in [0.25, 0.3) is 0 Å². The Bertz CT molecular complexity index is 819. The Labute approximate surface area is 130 Å². The van der Waals surface area contributed by atoms with Crippen molar-refractivity contribution in [2.75, 3.05) is 13.2 Å². The number of rotatable bonds is 1. The fourth-order valence-electron chi connectivity index (χ4n) is 2.13. The maximum Gasteiger partial charge on any atom is 0.317 e. The molecule has 2 aromatic rings. The van der Waals surface area contributed by atoms with Gasteiger partial charge in [-0.25, -0.2) is 0 Å². The topological polar surface area (TPSA) is 52.8 Å². The first-order chi connectivity index (χ1) is 10.1. The number of aryl methyl sites for hydroxylation is 2. The number of fused-ring (bicyclic) bond motifs is 1. The number of carbonyl (C=O) groups is 1. The summed E-state index contributed by atoms with van der Waals surface area (Å²) in [7, 11) is 1.86. The van der Waals surface area contributed by atoms with E-state index in [9.17, 15) is 4.79 Å². The van der Waals surface area contributed by atoms with Gasteiger partial charge in [-0.1, -0.05) is 29.0 Å². The van der Waals surface area contributed by atoms with Crippen molar-refractivity contribution in [3.05, 3.63) is 39.5 Å². The van der Waals surface area contributed by atoms with Crippen LogP contribution in [0.3, 0.4) is 0 Å². The van der Waals surface area contributed by atoms with Crippen LogP contribution in [0.1, 0.15) is 5.56 Å². The molecule has 1 aromatic carbocycles. The number of benzene rings is 1. The fourth-order valence-corrected chi connectivity index (χ4v) is 3.50. The van der Waals surface area contributed by atoms with Gasteiger partial charge >= 0.3 is 5.91 Å². The van der Waals surface area contributed by atoms with Crippen LogP contribution >= 0.6 is 22.9 Å². The quantitative estimate of drug-likeness (QED) is 0.810. The van der Waals surface area contributed by atoms with Crippen LogP contribution in [-0.2, 0) is 21.3 Å². The average molecular weight is 325 g/mol. The molecule has 0 bridgehead atoms. The Morgan fingerprint density at radius 2 is 2.24 bits per heavy atom. The highest BCUT2D eigenvalue weighted by Gasteiger charge is 2.16. The highest BCUT2D eigenvalue weighted by molar-refractivity contribution is 7.17. The van der Waals surface area contributed by atoms with Crippen molar-refractivity contribution >= 4 is 39.1 Å². The monoisotopic (exact) mass is 324 g/mol. The van der Waals surface area contributed by atoms with Gasteiger partial charge in [0.2, 0.25) is 5.76 Å². The molecule has 0 saturated heterocycles. The highest BCUT2D eigenvalue weighted by Crippen LogP contribution is 2.28. The van der Waals surface area contributed by atoms with Crippen molar-refractivity contribution in [3.63, 3.8) is 0 Å². The van der Waals surface area contributed by atoms with E-state index in [2.05, 4.69) is 4.99 Å². The molecule has 7 heteroatoms. The molecule has 0 saturated carbocycles. The number of nitrogens with zero attached hydrogens (tertiary/aromatic N) is 2. The maximum atomic E-state index is 12.1. The van der Waals surface area contributed by atoms with Gasteiger partial charge < -0.3 is 14.0 Å². The van der Waals surface area contributed by atoms with Crippen LogP contribution in [0.2, 0.25) is 5.02 Å². The SMILES string of the molecule is Cc1ccc(Cl)c2sc(=NC(=O)C3=COCCO3)n(C)c12. The smallest absolute Gasteiger partial charge is 0.317 e. The molecular weight excluding hydrogens is 312 g/mol. The summed E-state index contributed by atoms with van der Waals surface area (Å²) in [5.41, 5.74) is 2.06. The summed E-state index contributed by atoms with van der Waals surface area (Å²) in [6, 6.07) is 3.80. The van der Waals surface area contributed by atoms with Gasteiger partial charge in [-0.05, 0) is 18.6 Å². The zero-order chi connectivity index (χ0) is 15.0. The van der Waals surface area contributed by atoms with Crippen LogP contribution in [-0.4, -0.2) is 23.7 Å². The van der Waals surface area contributed by atoms with Gasteiger partial charge in [0.15, 0.2) is 4.80 Å². The Kier molecular flexibility index (Phi) is 3.73. The van der Waals surface area contributed by atoms with Crippen molar-refractivity contribution in [3.8, 4) is 0 Å². The van der Waals surface area contributed by atoms with Gasteiger partial charge in [-0.3, -0.25) is 4.79 Å². The summed E-state index contributed by atoms with van der Waals surface area (Å²) in [6.45, 7) is 2.80. The second-order valence-corrected chi connectivity index (χ2v) is 5.99. The zero-order valence-corrected chi connectivity index (χ0v) is 13.1. The fraction of sp³-hybridized carbons (Fsp3) is 0.286. The molecule has 0 fully saturated rings. The van der Waals surface area contributed by atoms with Gasteiger partial charge in [-0.15, -0.1) is 0 Å². The van der Waals surface area contributed by atoms with E-state index in [1.807, 2.05) is 30.7 Å². The molecule has 2 heterocycles. The first-order valence-electron chi connectivity index (χ1n) is 6.36. The Hall–Kier alpha value is -1.79. The second kappa shape index (κ2) is 5.54. The summed E-state index contributed by atoms with van der Waals surface area (Å²) in [5, 5.41) is 0.654. The van der Waals surface area contributed by atoms with Crippen molar-refractivity contribution in [1.29, 1.82) is 0 Å². The number of halogens is 1. The molecule has 1 aromatic heterocycles. The van der Waals surface area contributed by atoms with Crippen molar-refractivity contribution in [2.24, 2.45) is 12.0 Å². The third-order valence-corrected chi connectivity index (χ3v) is 4.75. The first kappa shape index (κ1) is 14.2. The molecule has 0 unspecified atom stereocenters. The summed E-state index contributed by atoms with van der Waals surface area (Å²) < 4.78 is 13.1. The molecule has 0 aliphatic carbocycles. The number of hydrogen-bond acceptors (Lipinski definition) is 4. The standard InChI is InChI=1S/C14H13ClN2O3S/c1-8-3-4-9(15)12-11(8)17(2)14(21-12)16-13(18)10-7-19-5-6-20-10/h3-4,7H,5-6H2,1-2H3. The van der Waals surface area contributed by atoms with Crippen LogP contribution in [0.25, 0.3) is 10.2 Å². The third-order valence-electron chi connectivity index (χ3n) is 3.16. The molecule has 0 atom stereocenters. The van der Waals surface area contributed by atoms with Crippen LogP contribution in [0.5, 0.6) is 0 Å². The minimum Gasteiger partial charge on any atom is -0.494 e. The molecule has 21 heavy (non-hydrogen) atoms. The average Bonchev–Trinajstić information content (AvgIpc) is 2.82. The summed E-state index contributed by atoms with van der Waals surface area (Å²) in [5.74, 6) is -0.327. The van der Waals surface area contributed by atoms with Crippen molar-refractivity contribution < 1.29 is 14.3 Å². The third kappa shape index (κ3) is 2.56. The molecular formula is C14H13ClN2O3S. The lowest BCUT2D eigenvalue weighted by atomic mass is 10.2. The number of thiazole rings is 1. The Balaban J connectivity index is 2.12. The molecule has 5 nitrogen and oxygen atoms in total. The van der Waals surface area contributed by atoms with Gasteiger partial charge in [0, 0.05) is 7.05 Å². The second-order valence-electron chi connectivity index (χ2n) is 4.60. The van der Waals surface area contributed by atoms with Crippen LogP contribution in [0.4, 0.5) is 0 Å². The molecule has 1 aliphatic rings. The van der Waals surface area contributed by atoms with E-state index >= 15 is 0 Å². The summed E-state index contributed by atoms with van der Waals surface area (Å²) in [4.78, 5) is 16.8. The largest absolute Gasteiger partial charge is 0.494 e. The molecule has 0 spiro atoms. The predicted octanol–water partition coefficient (Wildman–Crippen LogP) is 2.52. The number of ether oxygens (including phenoxy) is 2. The van der Waals surface area contributed by atoms with Crippen molar-refractivity contribution in [2.45, 2.75) is 6.92 Å². The van der Waals surface area contributed by atoms with Crippen LogP contribution < -0.4 is 4.80 Å². The Morgan fingerprint density at radius 3 is 2.90 bits per heavy atom. The molecule has 110 valence electrons. The van der Waals surface area contributed by atoms with E-state index in [0.717, 1.165) is 15.8 Å². The molecule has 0 N–H and O–H groups in total. The Morgan fingerprint density at radius 1 is 1.43 bits per heavy atom. The van der Waals surface area contributed by atoms with E-state index < -0.39 is 5.91 Å². The van der Waals surface area contributed by atoms with Crippen LogP contribution in [0.15, 0.2) is 29.1 Å². The lowest BCUT2D eigenvalue weighted by molar-refractivity contribution is -0.119. The van der Waals surface area contributed by atoms with Gasteiger partial charge in [-0.2, -0.15) is 4.99 Å². The minimum absolute atomic E-state index is 0.126. The number of aromatic nitrogens is 1. The zero-order valence-electron chi connectivity index (χ0n) is 11.6. The summed E-state index contributed by atoms with van der Waals surface area (Å²) >= 11 is 7.59. The number of hydrogen-bond donors (Lipinski definition) is 0. The van der Waals surface area contributed by atoms with E-state index in [1.54, 1.807) is 0 Å². The predicted molar refractivity (Wildman–Crippen MR) is 81.1 cm³/mol.